The molecule has 5 nitrogen and oxygen atoms in total. The fraction of sp³-hybridized carbons (Fsp3) is 0.222. The Morgan fingerprint density at radius 3 is 2.13 bits per heavy atom. The molecule has 0 heterocycles. The minimum atomic E-state index is -0.590. The number of ether oxygens (including phenoxy) is 1. The lowest BCUT2D eigenvalue weighted by molar-refractivity contribution is -0.129. The Morgan fingerprint density at radius 2 is 1.48 bits per heavy atom. The molecule has 2 N–H and O–H groups in total. The number of hydrogen-bond donors (Lipinski definition) is 2. The number of amides is 2. The Morgan fingerprint density at radius 1 is 0.870 bits per heavy atom. The van der Waals surface area contributed by atoms with Crippen molar-refractivity contribution in [1.29, 1.82) is 0 Å². The van der Waals surface area contributed by atoms with Gasteiger partial charge in [-0.15, -0.1) is 0 Å². The first-order valence-electron chi connectivity index (χ1n) is 7.30. The number of carbonyl (C=O) groups excluding carboxylic acids is 2. The zero-order valence-corrected chi connectivity index (χ0v) is 13.4. The van der Waals surface area contributed by atoms with Crippen LogP contribution in [0.15, 0.2) is 54.6 Å². The standard InChI is InChI=1S/C18H20N2O3/c1-18(2,3)17(22)20-19-16(21)14-11-7-8-12-15(14)23-13-9-5-4-6-10-13/h4-12H,1-3H3,(H,19,21)(H,20,22). The van der Waals surface area contributed by atoms with E-state index in [1.807, 2.05) is 18.2 Å². The highest BCUT2D eigenvalue weighted by molar-refractivity contribution is 5.98. The highest BCUT2D eigenvalue weighted by Gasteiger charge is 2.22. The summed E-state index contributed by atoms with van der Waals surface area (Å²) in [5, 5.41) is 0. The topological polar surface area (TPSA) is 67.4 Å². The van der Waals surface area contributed by atoms with Gasteiger partial charge in [-0.05, 0) is 24.3 Å². The van der Waals surface area contributed by atoms with E-state index < -0.39 is 11.3 Å². The first-order valence-corrected chi connectivity index (χ1v) is 7.30. The predicted molar refractivity (Wildman–Crippen MR) is 88.0 cm³/mol. The summed E-state index contributed by atoms with van der Waals surface area (Å²) in [6, 6.07) is 16.0. The van der Waals surface area contributed by atoms with Gasteiger partial charge in [-0.3, -0.25) is 20.4 Å². The molecule has 120 valence electrons. The van der Waals surface area contributed by atoms with E-state index in [4.69, 9.17) is 4.74 Å². The molecular formula is C18H20N2O3. The lowest BCUT2D eigenvalue weighted by Gasteiger charge is -2.18. The molecule has 0 unspecified atom stereocenters. The van der Waals surface area contributed by atoms with Crippen LogP contribution in [-0.4, -0.2) is 11.8 Å². The Labute approximate surface area is 135 Å². The van der Waals surface area contributed by atoms with Crippen LogP contribution in [0.2, 0.25) is 0 Å². The van der Waals surface area contributed by atoms with Gasteiger partial charge in [0, 0.05) is 5.41 Å². The zero-order chi connectivity index (χ0) is 16.9. The molecular weight excluding hydrogens is 292 g/mol. The van der Waals surface area contributed by atoms with E-state index in [1.165, 1.54) is 0 Å². The molecule has 0 radical (unpaired) electrons. The van der Waals surface area contributed by atoms with Gasteiger partial charge in [0.05, 0.1) is 5.56 Å². The average molecular weight is 312 g/mol. The maximum atomic E-state index is 12.3. The summed E-state index contributed by atoms with van der Waals surface area (Å²) in [7, 11) is 0. The molecule has 0 aliphatic heterocycles. The van der Waals surface area contributed by atoms with E-state index in [0.717, 1.165) is 0 Å². The molecule has 0 bridgehead atoms. The molecule has 0 aliphatic carbocycles. The van der Waals surface area contributed by atoms with Gasteiger partial charge in [0.25, 0.3) is 5.91 Å². The summed E-state index contributed by atoms with van der Waals surface area (Å²) in [5.41, 5.74) is 4.58. The number of nitrogens with one attached hydrogen (secondary N) is 2. The molecule has 0 aromatic heterocycles. The quantitative estimate of drug-likeness (QED) is 0.855. The first-order chi connectivity index (χ1) is 10.9. The van der Waals surface area contributed by atoms with Gasteiger partial charge in [0.2, 0.25) is 5.91 Å². The predicted octanol–water partition coefficient (Wildman–Crippen LogP) is 3.29. The third-order valence-corrected chi connectivity index (χ3v) is 3.07. The molecule has 23 heavy (non-hydrogen) atoms. The molecule has 2 aromatic rings. The number of para-hydroxylation sites is 2. The van der Waals surface area contributed by atoms with Crippen molar-refractivity contribution >= 4 is 11.8 Å². The smallest absolute Gasteiger partial charge is 0.273 e. The number of rotatable bonds is 3. The SMILES string of the molecule is CC(C)(C)C(=O)NNC(=O)c1ccccc1Oc1ccccc1. The van der Waals surface area contributed by atoms with Gasteiger partial charge < -0.3 is 4.74 Å². The van der Waals surface area contributed by atoms with Crippen LogP contribution in [0.1, 0.15) is 31.1 Å². The molecule has 2 aromatic carbocycles. The monoisotopic (exact) mass is 312 g/mol. The number of hydrogen-bond acceptors (Lipinski definition) is 3. The Kier molecular flexibility index (Phi) is 5.01. The number of hydrazine groups is 1. The van der Waals surface area contributed by atoms with Crippen LogP contribution in [0.25, 0.3) is 0 Å². The van der Waals surface area contributed by atoms with Crippen molar-refractivity contribution in [2.75, 3.05) is 0 Å². The normalized spacial score (nSPS) is 10.7. The van der Waals surface area contributed by atoms with Crippen LogP contribution in [0.4, 0.5) is 0 Å². The molecule has 2 rings (SSSR count). The first kappa shape index (κ1) is 16.5. The molecule has 0 saturated heterocycles. The third kappa shape index (κ3) is 4.57. The van der Waals surface area contributed by atoms with Crippen molar-refractivity contribution in [3.63, 3.8) is 0 Å². The van der Waals surface area contributed by atoms with E-state index >= 15 is 0 Å². The van der Waals surface area contributed by atoms with Crippen molar-refractivity contribution in [2.45, 2.75) is 20.8 Å². The summed E-state index contributed by atoms with van der Waals surface area (Å²) in [6.07, 6.45) is 0. The highest BCUT2D eigenvalue weighted by atomic mass is 16.5. The van der Waals surface area contributed by atoms with Gasteiger partial charge in [-0.2, -0.15) is 0 Å². The minimum absolute atomic E-state index is 0.271. The largest absolute Gasteiger partial charge is 0.457 e. The van der Waals surface area contributed by atoms with Gasteiger partial charge in [0.1, 0.15) is 11.5 Å². The second kappa shape index (κ2) is 6.96. The van der Waals surface area contributed by atoms with Crippen molar-refractivity contribution in [2.24, 2.45) is 5.41 Å². The van der Waals surface area contributed by atoms with E-state index in [-0.39, 0.29) is 5.91 Å². The molecule has 2 amide bonds. The molecule has 5 heteroatoms. The summed E-state index contributed by atoms with van der Waals surface area (Å²) >= 11 is 0. The average Bonchev–Trinajstić information content (AvgIpc) is 2.53. The maximum Gasteiger partial charge on any atom is 0.273 e. The van der Waals surface area contributed by atoms with Crippen LogP contribution < -0.4 is 15.6 Å². The van der Waals surface area contributed by atoms with Gasteiger partial charge in [-0.25, -0.2) is 0 Å². The second-order valence-corrected chi connectivity index (χ2v) is 6.07. The Hall–Kier alpha value is -2.82. The molecule has 0 saturated carbocycles. The van der Waals surface area contributed by atoms with Gasteiger partial charge in [-0.1, -0.05) is 51.1 Å². The van der Waals surface area contributed by atoms with E-state index in [9.17, 15) is 9.59 Å². The van der Waals surface area contributed by atoms with Crippen molar-refractivity contribution in [1.82, 2.24) is 10.9 Å². The Bertz CT molecular complexity index is 691. The van der Waals surface area contributed by atoms with Crippen molar-refractivity contribution in [3.05, 3.63) is 60.2 Å². The van der Waals surface area contributed by atoms with Crippen LogP contribution in [0, 0.1) is 5.41 Å². The summed E-state index contributed by atoms with van der Waals surface area (Å²) in [4.78, 5) is 24.1. The maximum absolute atomic E-state index is 12.3. The van der Waals surface area contributed by atoms with Crippen LogP contribution in [0.3, 0.4) is 0 Å². The summed E-state index contributed by atoms with van der Waals surface area (Å²) in [5.74, 6) is 0.342. The fourth-order valence-corrected chi connectivity index (χ4v) is 1.73. The lowest BCUT2D eigenvalue weighted by atomic mass is 9.96. The zero-order valence-electron chi connectivity index (χ0n) is 13.4. The molecule has 0 aliphatic rings. The van der Waals surface area contributed by atoms with Gasteiger partial charge >= 0.3 is 0 Å². The van der Waals surface area contributed by atoms with Crippen molar-refractivity contribution in [3.8, 4) is 11.5 Å². The second-order valence-electron chi connectivity index (χ2n) is 6.07. The van der Waals surface area contributed by atoms with Gasteiger partial charge in [0.15, 0.2) is 0 Å². The highest BCUT2D eigenvalue weighted by Crippen LogP contribution is 2.24. The molecule has 0 atom stereocenters. The Balaban J connectivity index is 2.10. The fourth-order valence-electron chi connectivity index (χ4n) is 1.73. The number of carbonyl (C=O) groups is 2. The third-order valence-electron chi connectivity index (χ3n) is 3.07. The van der Waals surface area contributed by atoms with E-state index in [1.54, 1.807) is 57.2 Å². The van der Waals surface area contributed by atoms with Crippen LogP contribution >= 0.6 is 0 Å². The molecule has 0 spiro atoms. The summed E-state index contributed by atoms with van der Waals surface area (Å²) < 4.78 is 5.73. The number of benzene rings is 2. The lowest BCUT2D eigenvalue weighted by Crippen LogP contribution is -2.46. The summed E-state index contributed by atoms with van der Waals surface area (Å²) in [6.45, 7) is 5.29. The van der Waals surface area contributed by atoms with Crippen LogP contribution in [-0.2, 0) is 4.79 Å². The minimum Gasteiger partial charge on any atom is -0.457 e. The van der Waals surface area contributed by atoms with E-state index in [2.05, 4.69) is 10.9 Å². The van der Waals surface area contributed by atoms with Crippen molar-refractivity contribution < 1.29 is 14.3 Å². The van der Waals surface area contributed by atoms with Crippen LogP contribution in [0.5, 0.6) is 11.5 Å². The van der Waals surface area contributed by atoms with E-state index in [0.29, 0.717) is 17.1 Å². The molecule has 0 fully saturated rings.